The van der Waals surface area contributed by atoms with Crippen molar-refractivity contribution in [3.05, 3.63) is 70.9 Å². The van der Waals surface area contributed by atoms with Gasteiger partial charge in [-0.05, 0) is 43.3 Å². The number of amides is 2. The number of likely N-dealkylation sites (N-methyl/N-ethyl adjacent to an activating group) is 1. The van der Waals surface area contributed by atoms with Gasteiger partial charge in [0, 0.05) is 74.5 Å². The number of hydrazine groups is 1. The molecule has 0 spiro atoms. The van der Waals surface area contributed by atoms with Crippen LogP contribution in [-0.2, 0) is 23.6 Å². The molecule has 0 radical (unpaired) electrons. The highest BCUT2D eigenvalue weighted by atomic mass is 19.4. The number of H-pyrrole nitrogens is 1. The summed E-state index contributed by atoms with van der Waals surface area (Å²) in [6.07, 6.45) is -8.10. The second kappa shape index (κ2) is 12.2. The van der Waals surface area contributed by atoms with E-state index in [9.17, 15) is 35.9 Å². The Hall–Kier alpha value is -3.62. The first-order valence-electron chi connectivity index (χ1n) is 13.9. The molecule has 43 heavy (non-hydrogen) atoms. The first-order valence-corrected chi connectivity index (χ1v) is 13.9. The summed E-state index contributed by atoms with van der Waals surface area (Å²) in [5.74, 6) is -1.16. The molecule has 2 aromatic carbocycles. The molecule has 2 N–H and O–H groups in total. The van der Waals surface area contributed by atoms with Crippen molar-refractivity contribution < 1.29 is 35.9 Å². The third-order valence-corrected chi connectivity index (χ3v) is 7.95. The van der Waals surface area contributed by atoms with Crippen molar-refractivity contribution in [1.82, 2.24) is 30.1 Å². The lowest BCUT2D eigenvalue weighted by atomic mass is 9.98. The normalized spacial score (nSPS) is 19.6. The lowest BCUT2D eigenvalue weighted by molar-refractivity contribution is -0.143. The number of nitrogens with one attached hydrogen (secondary N) is 2. The van der Waals surface area contributed by atoms with Crippen molar-refractivity contribution >= 4 is 22.7 Å². The first kappa shape index (κ1) is 30.8. The number of piperazine rings is 2. The fourth-order valence-electron chi connectivity index (χ4n) is 5.64. The molecule has 2 aliphatic rings. The lowest BCUT2D eigenvalue weighted by Crippen LogP contribution is -2.59. The average molecular weight is 611 g/mol. The van der Waals surface area contributed by atoms with Gasteiger partial charge in [0.15, 0.2) is 0 Å². The van der Waals surface area contributed by atoms with Crippen molar-refractivity contribution in [2.24, 2.45) is 0 Å². The third-order valence-electron chi connectivity index (χ3n) is 7.95. The van der Waals surface area contributed by atoms with Crippen molar-refractivity contribution in [3.63, 3.8) is 0 Å². The minimum Gasteiger partial charge on any atom is -0.361 e. The molecule has 2 aliphatic heterocycles. The minimum absolute atomic E-state index is 0.0110. The molecule has 3 heterocycles. The van der Waals surface area contributed by atoms with E-state index in [1.807, 2.05) is 41.2 Å². The molecular formula is C29H32F6N6O2. The number of fused-ring (bicyclic) bond motifs is 1. The van der Waals surface area contributed by atoms with E-state index in [2.05, 4.69) is 15.3 Å². The maximum Gasteiger partial charge on any atom is 0.416 e. The summed E-state index contributed by atoms with van der Waals surface area (Å²) in [5.41, 5.74) is 0.809. The molecule has 0 unspecified atom stereocenters. The van der Waals surface area contributed by atoms with Gasteiger partial charge in [-0.3, -0.25) is 19.9 Å². The first-order chi connectivity index (χ1) is 20.3. The Morgan fingerprint density at radius 2 is 1.56 bits per heavy atom. The number of carbonyl (C=O) groups is 2. The van der Waals surface area contributed by atoms with Gasteiger partial charge in [0.05, 0.1) is 17.7 Å². The molecule has 232 valence electrons. The number of aromatic nitrogens is 1. The van der Waals surface area contributed by atoms with E-state index in [0.717, 1.165) is 29.6 Å². The van der Waals surface area contributed by atoms with Crippen LogP contribution in [-0.4, -0.2) is 102 Å². The number of para-hydroxylation sites is 1. The number of nitrogens with zero attached hydrogens (tertiary/aromatic N) is 4. The number of alkyl halides is 6. The van der Waals surface area contributed by atoms with Crippen LogP contribution in [0.15, 0.2) is 48.7 Å². The van der Waals surface area contributed by atoms with Crippen LogP contribution in [0.1, 0.15) is 27.0 Å². The van der Waals surface area contributed by atoms with Gasteiger partial charge in [0.2, 0.25) is 5.91 Å². The molecule has 2 amide bonds. The monoisotopic (exact) mass is 610 g/mol. The Morgan fingerprint density at radius 3 is 2.21 bits per heavy atom. The van der Waals surface area contributed by atoms with Gasteiger partial charge in [-0.1, -0.05) is 18.2 Å². The molecule has 8 nitrogen and oxygen atoms in total. The number of benzene rings is 2. The number of rotatable bonds is 6. The summed E-state index contributed by atoms with van der Waals surface area (Å²) in [4.78, 5) is 35.0. The topological polar surface area (TPSA) is 74.9 Å². The van der Waals surface area contributed by atoms with Crippen molar-refractivity contribution in [2.45, 2.75) is 24.8 Å². The molecule has 0 saturated carbocycles. The Labute approximate surface area is 244 Å². The summed E-state index contributed by atoms with van der Waals surface area (Å²) in [5, 5.41) is 2.73. The zero-order chi connectivity index (χ0) is 30.9. The van der Waals surface area contributed by atoms with Crippen LogP contribution in [0.5, 0.6) is 0 Å². The number of aromatic amines is 1. The second-order valence-electron chi connectivity index (χ2n) is 11.1. The molecular weight excluding hydrogens is 578 g/mol. The lowest BCUT2D eigenvalue weighted by Gasteiger charge is -2.42. The fourth-order valence-corrected chi connectivity index (χ4v) is 5.64. The van der Waals surface area contributed by atoms with Crippen LogP contribution in [0.4, 0.5) is 26.3 Å². The second-order valence-corrected chi connectivity index (χ2v) is 11.1. The van der Waals surface area contributed by atoms with E-state index in [0.29, 0.717) is 25.2 Å². The van der Waals surface area contributed by atoms with E-state index < -0.39 is 41.0 Å². The van der Waals surface area contributed by atoms with E-state index in [1.165, 1.54) is 4.90 Å². The van der Waals surface area contributed by atoms with E-state index in [-0.39, 0.29) is 44.6 Å². The Kier molecular flexibility index (Phi) is 8.72. The van der Waals surface area contributed by atoms with Crippen LogP contribution >= 0.6 is 0 Å². The maximum atomic E-state index is 13.7. The zero-order valence-electron chi connectivity index (χ0n) is 23.4. The summed E-state index contributed by atoms with van der Waals surface area (Å²) < 4.78 is 81.2. The molecule has 1 aromatic heterocycles. The number of carbonyl (C=O) groups excluding carboxylic acids is 2. The predicted octanol–water partition coefficient (Wildman–Crippen LogP) is 3.85. The SMILES string of the molecule is CN1CCN(NC(=O)CN2CCN(C(=O)c3cc(C(F)(F)F)cc(C(F)(F)F)c3)[C@H](Cc3c[nH]c4ccccc34)C2)CC1. The van der Waals surface area contributed by atoms with Crippen LogP contribution in [0.3, 0.4) is 0 Å². The quantitative estimate of drug-likeness (QED) is 0.415. The van der Waals surface area contributed by atoms with Crippen molar-refractivity contribution in [1.29, 1.82) is 0 Å². The number of halogens is 6. The maximum absolute atomic E-state index is 13.7. The third kappa shape index (κ3) is 7.31. The van der Waals surface area contributed by atoms with Crippen LogP contribution in [0.2, 0.25) is 0 Å². The van der Waals surface area contributed by atoms with E-state index >= 15 is 0 Å². The molecule has 0 aliphatic carbocycles. The molecule has 2 fully saturated rings. The molecule has 14 heteroatoms. The van der Waals surface area contributed by atoms with E-state index in [4.69, 9.17) is 0 Å². The van der Waals surface area contributed by atoms with Crippen molar-refractivity contribution in [3.8, 4) is 0 Å². The van der Waals surface area contributed by atoms with Gasteiger partial charge in [-0.25, -0.2) is 5.01 Å². The van der Waals surface area contributed by atoms with Gasteiger partial charge in [-0.15, -0.1) is 0 Å². The smallest absolute Gasteiger partial charge is 0.361 e. The number of hydrogen-bond donors (Lipinski definition) is 2. The van der Waals surface area contributed by atoms with E-state index in [1.54, 1.807) is 6.20 Å². The van der Waals surface area contributed by atoms with Gasteiger partial charge < -0.3 is 14.8 Å². The zero-order valence-corrected chi connectivity index (χ0v) is 23.4. The highest BCUT2D eigenvalue weighted by Gasteiger charge is 2.39. The van der Waals surface area contributed by atoms with Gasteiger partial charge in [-0.2, -0.15) is 26.3 Å². The molecule has 2 saturated heterocycles. The summed E-state index contributed by atoms with van der Waals surface area (Å²) in [6.45, 7) is 3.42. The highest BCUT2D eigenvalue weighted by Crippen LogP contribution is 2.37. The van der Waals surface area contributed by atoms with Crippen LogP contribution in [0, 0.1) is 0 Å². The number of hydrogen-bond acceptors (Lipinski definition) is 5. The largest absolute Gasteiger partial charge is 0.416 e. The highest BCUT2D eigenvalue weighted by molar-refractivity contribution is 5.95. The summed E-state index contributed by atoms with van der Waals surface area (Å²) >= 11 is 0. The molecule has 1 atom stereocenters. The van der Waals surface area contributed by atoms with Gasteiger partial charge >= 0.3 is 12.4 Å². The fraction of sp³-hybridized carbons (Fsp3) is 0.448. The Bertz CT molecular complexity index is 1430. The Balaban J connectivity index is 1.39. The molecule has 5 rings (SSSR count). The molecule has 3 aromatic rings. The summed E-state index contributed by atoms with van der Waals surface area (Å²) in [7, 11) is 2.00. The predicted molar refractivity (Wildman–Crippen MR) is 147 cm³/mol. The molecule has 0 bridgehead atoms. The van der Waals surface area contributed by atoms with Gasteiger partial charge in [0.1, 0.15) is 0 Å². The Morgan fingerprint density at radius 1 is 0.907 bits per heavy atom. The van der Waals surface area contributed by atoms with Crippen LogP contribution < -0.4 is 5.43 Å². The average Bonchev–Trinajstić information content (AvgIpc) is 3.35. The van der Waals surface area contributed by atoms with Crippen molar-refractivity contribution in [2.75, 3.05) is 59.4 Å². The van der Waals surface area contributed by atoms with Crippen LogP contribution in [0.25, 0.3) is 10.9 Å². The summed E-state index contributed by atoms with van der Waals surface area (Å²) in [6, 6.07) is 7.79. The standard InChI is InChI=1S/C29H32F6N6O2/c1-38-6-9-40(10-7-38)37-26(42)18-39-8-11-41(23(17-39)14-20-16-36-25-5-3-2-4-24(20)25)27(43)19-12-21(28(30,31)32)15-22(13-19)29(33,34)35/h2-5,12-13,15-16,23,36H,6-11,14,17-18H2,1H3,(H,37,42)/t23-/m1/s1. The van der Waals surface area contributed by atoms with Gasteiger partial charge in [0.25, 0.3) is 5.91 Å². The minimum atomic E-state index is -5.07.